The molecule has 0 unspecified atom stereocenters. The number of aliphatic hydroxyl groups excluding tert-OH is 1. The van der Waals surface area contributed by atoms with Crippen molar-refractivity contribution in [1.82, 2.24) is 9.97 Å². The highest BCUT2D eigenvalue weighted by Crippen LogP contribution is 2.22. The number of hydrogen-bond donors (Lipinski definition) is 2. The summed E-state index contributed by atoms with van der Waals surface area (Å²) in [7, 11) is 1.63. The number of anilines is 1. The Morgan fingerprint density at radius 3 is 2.84 bits per heavy atom. The Labute approximate surface area is 112 Å². The Hall–Kier alpha value is -2.14. The van der Waals surface area contributed by atoms with Gasteiger partial charge in [0.15, 0.2) is 5.82 Å². The maximum absolute atomic E-state index is 8.83. The summed E-state index contributed by atoms with van der Waals surface area (Å²) in [6, 6.07) is 9.46. The summed E-state index contributed by atoms with van der Waals surface area (Å²) >= 11 is 0. The topological polar surface area (TPSA) is 67.3 Å². The highest BCUT2D eigenvalue weighted by atomic mass is 16.5. The first-order valence-corrected chi connectivity index (χ1v) is 6.08. The largest absolute Gasteiger partial charge is 0.497 e. The number of aliphatic hydroxyl groups is 1. The van der Waals surface area contributed by atoms with E-state index in [0.717, 1.165) is 17.0 Å². The van der Waals surface area contributed by atoms with E-state index in [1.54, 1.807) is 7.11 Å². The molecule has 0 spiro atoms. The van der Waals surface area contributed by atoms with Gasteiger partial charge in [0.05, 0.1) is 13.7 Å². The lowest BCUT2D eigenvalue weighted by Gasteiger charge is -2.08. The van der Waals surface area contributed by atoms with Crippen molar-refractivity contribution < 1.29 is 9.84 Å². The molecule has 1 aromatic carbocycles. The van der Waals surface area contributed by atoms with Crippen molar-refractivity contribution in [2.75, 3.05) is 25.6 Å². The molecule has 1 aromatic heterocycles. The summed E-state index contributed by atoms with van der Waals surface area (Å²) in [5.74, 6) is 2.12. The van der Waals surface area contributed by atoms with Crippen molar-refractivity contribution in [1.29, 1.82) is 0 Å². The van der Waals surface area contributed by atoms with Gasteiger partial charge in [-0.05, 0) is 19.1 Å². The molecule has 2 rings (SSSR count). The van der Waals surface area contributed by atoms with Crippen LogP contribution in [-0.4, -0.2) is 35.3 Å². The zero-order valence-corrected chi connectivity index (χ0v) is 11.1. The van der Waals surface area contributed by atoms with Crippen molar-refractivity contribution in [2.24, 2.45) is 0 Å². The van der Waals surface area contributed by atoms with Gasteiger partial charge < -0.3 is 15.2 Å². The van der Waals surface area contributed by atoms with Crippen molar-refractivity contribution >= 4 is 5.82 Å². The van der Waals surface area contributed by atoms with Gasteiger partial charge >= 0.3 is 0 Å². The van der Waals surface area contributed by atoms with Crippen LogP contribution in [0.25, 0.3) is 11.4 Å². The van der Waals surface area contributed by atoms with Gasteiger partial charge in [0.25, 0.3) is 0 Å². The lowest BCUT2D eigenvalue weighted by molar-refractivity contribution is 0.311. The molecule has 5 nitrogen and oxygen atoms in total. The molecular formula is C14H17N3O2. The minimum atomic E-state index is 0.0670. The van der Waals surface area contributed by atoms with E-state index in [0.29, 0.717) is 18.2 Å². The van der Waals surface area contributed by atoms with Crippen molar-refractivity contribution in [3.63, 3.8) is 0 Å². The molecule has 0 amide bonds. The van der Waals surface area contributed by atoms with Crippen LogP contribution >= 0.6 is 0 Å². The minimum absolute atomic E-state index is 0.0670. The summed E-state index contributed by atoms with van der Waals surface area (Å²) in [6.07, 6.45) is 0. The van der Waals surface area contributed by atoms with Crippen LogP contribution in [0.1, 0.15) is 5.69 Å². The second kappa shape index (κ2) is 6.15. The van der Waals surface area contributed by atoms with E-state index in [9.17, 15) is 0 Å². The summed E-state index contributed by atoms with van der Waals surface area (Å²) < 4.78 is 5.20. The Bertz CT molecular complexity index is 558. The van der Waals surface area contributed by atoms with Crippen LogP contribution in [0.2, 0.25) is 0 Å². The lowest BCUT2D eigenvalue weighted by Crippen LogP contribution is -2.08. The Morgan fingerprint density at radius 2 is 2.11 bits per heavy atom. The molecule has 0 radical (unpaired) electrons. The van der Waals surface area contributed by atoms with Gasteiger partial charge in [0.2, 0.25) is 0 Å². The highest BCUT2D eigenvalue weighted by Gasteiger charge is 2.06. The maximum atomic E-state index is 8.83. The SMILES string of the molecule is COc1cccc(-c2nc(C)cc(NCCO)n2)c1. The molecule has 0 fully saturated rings. The standard InChI is InChI=1S/C14H17N3O2/c1-10-8-13(15-6-7-18)17-14(16-10)11-4-3-5-12(9-11)19-2/h3-5,8-9,18H,6-7H2,1-2H3,(H,15,16,17). The molecule has 0 atom stereocenters. The van der Waals surface area contributed by atoms with Crippen LogP contribution in [0.5, 0.6) is 5.75 Å². The van der Waals surface area contributed by atoms with Crippen LogP contribution < -0.4 is 10.1 Å². The average molecular weight is 259 g/mol. The number of rotatable bonds is 5. The third-order valence-electron chi connectivity index (χ3n) is 2.60. The fraction of sp³-hybridized carbons (Fsp3) is 0.286. The quantitative estimate of drug-likeness (QED) is 0.858. The van der Waals surface area contributed by atoms with Gasteiger partial charge in [-0.3, -0.25) is 0 Å². The zero-order chi connectivity index (χ0) is 13.7. The second-order valence-corrected chi connectivity index (χ2v) is 4.10. The van der Waals surface area contributed by atoms with E-state index in [4.69, 9.17) is 9.84 Å². The first kappa shape index (κ1) is 13.3. The van der Waals surface area contributed by atoms with Gasteiger partial charge in [0.1, 0.15) is 11.6 Å². The van der Waals surface area contributed by atoms with E-state index in [2.05, 4.69) is 15.3 Å². The Balaban J connectivity index is 2.34. The van der Waals surface area contributed by atoms with Gasteiger partial charge in [-0.2, -0.15) is 0 Å². The third kappa shape index (κ3) is 3.42. The van der Waals surface area contributed by atoms with Crippen molar-refractivity contribution in [3.8, 4) is 17.1 Å². The molecule has 0 saturated carbocycles. The summed E-state index contributed by atoms with van der Waals surface area (Å²) in [4.78, 5) is 8.85. The molecule has 100 valence electrons. The molecule has 0 aliphatic carbocycles. The molecule has 5 heteroatoms. The van der Waals surface area contributed by atoms with Gasteiger partial charge in [0, 0.05) is 23.9 Å². The number of aryl methyl sites for hydroxylation is 1. The molecule has 1 heterocycles. The predicted molar refractivity (Wildman–Crippen MR) is 74.3 cm³/mol. The number of ether oxygens (including phenoxy) is 1. The number of hydrogen-bond acceptors (Lipinski definition) is 5. The van der Waals surface area contributed by atoms with Crippen LogP contribution in [0.15, 0.2) is 30.3 Å². The Morgan fingerprint density at radius 1 is 1.26 bits per heavy atom. The molecule has 0 bridgehead atoms. The number of benzene rings is 1. The second-order valence-electron chi connectivity index (χ2n) is 4.10. The minimum Gasteiger partial charge on any atom is -0.497 e. The molecule has 0 aliphatic rings. The molecule has 19 heavy (non-hydrogen) atoms. The average Bonchev–Trinajstić information content (AvgIpc) is 2.44. The third-order valence-corrected chi connectivity index (χ3v) is 2.60. The van der Waals surface area contributed by atoms with Gasteiger partial charge in [-0.25, -0.2) is 9.97 Å². The van der Waals surface area contributed by atoms with E-state index in [-0.39, 0.29) is 6.61 Å². The fourth-order valence-corrected chi connectivity index (χ4v) is 1.73. The summed E-state index contributed by atoms with van der Waals surface area (Å²) in [6.45, 7) is 2.45. The van der Waals surface area contributed by atoms with Crippen LogP contribution in [0.4, 0.5) is 5.82 Å². The lowest BCUT2D eigenvalue weighted by atomic mass is 10.2. The molecule has 2 aromatic rings. The normalized spacial score (nSPS) is 10.3. The highest BCUT2D eigenvalue weighted by molar-refractivity contribution is 5.59. The monoisotopic (exact) mass is 259 g/mol. The molecule has 0 aliphatic heterocycles. The van der Waals surface area contributed by atoms with Crippen LogP contribution in [0, 0.1) is 6.92 Å². The van der Waals surface area contributed by atoms with Crippen molar-refractivity contribution in [3.05, 3.63) is 36.0 Å². The van der Waals surface area contributed by atoms with Gasteiger partial charge in [-0.1, -0.05) is 12.1 Å². The number of methoxy groups -OCH3 is 1. The van der Waals surface area contributed by atoms with Crippen molar-refractivity contribution in [2.45, 2.75) is 6.92 Å². The summed E-state index contributed by atoms with van der Waals surface area (Å²) in [5, 5.41) is 11.9. The first-order chi connectivity index (χ1) is 9.22. The maximum Gasteiger partial charge on any atom is 0.161 e. The van der Waals surface area contributed by atoms with Crippen LogP contribution in [0.3, 0.4) is 0 Å². The fourth-order valence-electron chi connectivity index (χ4n) is 1.73. The molecule has 2 N–H and O–H groups in total. The number of nitrogens with zero attached hydrogens (tertiary/aromatic N) is 2. The number of aromatic nitrogens is 2. The number of nitrogens with one attached hydrogen (secondary N) is 1. The first-order valence-electron chi connectivity index (χ1n) is 6.08. The zero-order valence-electron chi connectivity index (χ0n) is 11.1. The van der Waals surface area contributed by atoms with Crippen LogP contribution in [-0.2, 0) is 0 Å². The van der Waals surface area contributed by atoms with E-state index < -0.39 is 0 Å². The Kier molecular flexibility index (Phi) is 4.30. The van der Waals surface area contributed by atoms with E-state index in [1.807, 2.05) is 37.3 Å². The van der Waals surface area contributed by atoms with Gasteiger partial charge in [-0.15, -0.1) is 0 Å². The predicted octanol–water partition coefficient (Wildman–Crippen LogP) is 1.86. The molecular weight excluding hydrogens is 242 g/mol. The van der Waals surface area contributed by atoms with E-state index >= 15 is 0 Å². The summed E-state index contributed by atoms with van der Waals surface area (Å²) in [5.41, 5.74) is 1.77. The molecule has 0 saturated heterocycles. The van der Waals surface area contributed by atoms with E-state index in [1.165, 1.54) is 0 Å². The smallest absolute Gasteiger partial charge is 0.161 e.